The quantitative estimate of drug-likeness (QED) is 0.790. The maximum atomic E-state index is 13.5. The van der Waals surface area contributed by atoms with E-state index in [4.69, 9.17) is 0 Å². The normalized spacial score (nSPS) is 20.0. The third-order valence-electron chi connectivity index (χ3n) is 6.26. The average Bonchev–Trinajstić information content (AvgIpc) is 2.78. The lowest BCUT2D eigenvalue weighted by atomic mass is 10.0. The Morgan fingerprint density at radius 3 is 2.48 bits per heavy atom. The number of benzene rings is 1. The molecule has 3 heterocycles. The molecule has 0 spiro atoms. The van der Waals surface area contributed by atoms with Crippen LogP contribution in [0.25, 0.3) is 0 Å². The monoisotopic (exact) mass is 400 g/mol. The zero-order valence-corrected chi connectivity index (χ0v) is 16.9. The number of hydrogen-bond donors (Lipinski definition) is 1. The third-order valence-corrected chi connectivity index (χ3v) is 6.26. The van der Waals surface area contributed by atoms with Crippen LogP contribution in [0.4, 0.5) is 14.5 Å². The van der Waals surface area contributed by atoms with Gasteiger partial charge in [0.25, 0.3) is 0 Å². The van der Waals surface area contributed by atoms with E-state index >= 15 is 0 Å². The molecule has 2 aromatic rings. The van der Waals surface area contributed by atoms with Gasteiger partial charge in [0.2, 0.25) is 0 Å². The van der Waals surface area contributed by atoms with Gasteiger partial charge in [0, 0.05) is 55.9 Å². The lowest BCUT2D eigenvalue weighted by Crippen LogP contribution is -2.46. The fourth-order valence-electron chi connectivity index (χ4n) is 4.56. The van der Waals surface area contributed by atoms with Crippen LogP contribution in [0.2, 0.25) is 0 Å². The van der Waals surface area contributed by atoms with E-state index in [0.29, 0.717) is 12.1 Å². The van der Waals surface area contributed by atoms with Gasteiger partial charge in [-0.15, -0.1) is 0 Å². The first-order valence-corrected chi connectivity index (χ1v) is 10.8. The molecule has 6 heteroatoms. The van der Waals surface area contributed by atoms with Gasteiger partial charge < -0.3 is 10.2 Å². The van der Waals surface area contributed by atoms with Gasteiger partial charge >= 0.3 is 0 Å². The fourth-order valence-corrected chi connectivity index (χ4v) is 4.56. The zero-order valence-electron chi connectivity index (χ0n) is 16.9. The van der Waals surface area contributed by atoms with E-state index in [0.717, 1.165) is 51.3 Å². The van der Waals surface area contributed by atoms with Crippen LogP contribution in [-0.2, 0) is 0 Å². The minimum Gasteiger partial charge on any atom is -0.371 e. The summed E-state index contributed by atoms with van der Waals surface area (Å²) < 4.78 is 26.7. The van der Waals surface area contributed by atoms with Crippen molar-refractivity contribution < 1.29 is 8.78 Å². The highest BCUT2D eigenvalue weighted by Crippen LogP contribution is 2.25. The third kappa shape index (κ3) is 5.11. The Morgan fingerprint density at radius 2 is 1.79 bits per heavy atom. The second kappa shape index (κ2) is 9.63. The summed E-state index contributed by atoms with van der Waals surface area (Å²) in [6, 6.07) is 9.19. The van der Waals surface area contributed by atoms with Gasteiger partial charge in [-0.05, 0) is 62.5 Å². The van der Waals surface area contributed by atoms with Crippen molar-refractivity contribution >= 4 is 5.69 Å². The second-order valence-corrected chi connectivity index (χ2v) is 8.17. The first kappa shape index (κ1) is 20.2. The molecule has 4 nitrogen and oxygen atoms in total. The molecule has 0 bridgehead atoms. The van der Waals surface area contributed by atoms with Crippen molar-refractivity contribution in [3.8, 4) is 0 Å². The van der Waals surface area contributed by atoms with E-state index in [2.05, 4.69) is 26.2 Å². The molecule has 0 aliphatic carbocycles. The summed E-state index contributed by atoms with van der Waals surface area (Å²) in [5.74, 6) is -1.56. The maximum Gasteiger partial charge on any atom is 0.160 e. The van der Waals surface area contributed by atoms with Gasteiger partial charge in [0.15, 0.2) is 11.6 Å². The maximum absolute atomic E-state index is 13.5. The number of halogens is 2. The van der Waals surface area contributed by atoms with E-state index in [1.165, 1.54) is 37.0 Å². The zero-order chi connectivity index (χ0) is 20.1. The number of rotatable bonds is 6. The summed E-state index contributed by atoms with van der Waals surface area (Å²) in [6.45, 7) is 4.92. The predicted molar refractivity (Wildman–Crippen MR) is 112 cm³/mol. The highest BCUT2D eigenvalue weighted by molar-refractivity contribution is 5.47. The van der Waals surface area contributed by atoms with Crippen molar-refractivity contribution in [2.45, 2.75) is 44.2 Å². The average molecular weight is 401 g/mol. The largest absolute Gasteiger partial charge is 0.371 e. The van der Waals surface area contributed by atoms with Crippen LogP contribution in [0.5, 0.6) is 0 Å². The number of aromatic nitrogens is 1. The van der Waals surface area contributed by atoms with Crippen LogP contribution in [0, 0.1) is 11.6 Å². The molecule has 2 fully saturated rings. The van der Waals surface area contributed by atoms with Crippen LogP contribution in [0.15, 0.2) is 42.7 Å². The molecule has 1 atom stereocenters. The van der Waals surface area contributed by atoms with Gasteiger partial charge in [0.05, 0.1) is 0 Å². The molecule has 1 aromatic heterocycles. The molecule has 156 valence electrons. The van der Waals surface area contributed by atoms with Gasteiger partial charge in [0.1, 0.15) is 0 Å². The Balaban J connectivity index is 1.33. The molecule has 0 amide bonds. The van der Waals surface area contributed by atoms with Gasteiger partial charge in [-0.2, -0.15) is 0 Å². The lowest BCUT2D eigenvalue weighted by molar-refractivity contribution is 0.155. The molecule has 29 heavy (non-hydrogen) atoms. The summed E-state index contributed by atoms with van der Waals surface area (Å²) in [4.78, 5) is 9.06. The number of anilines is 1. The minimum atomic E-state index is -0.788. The standard InChI is InChI=1S/C23H30F2N4/c24-21-7-6-20(15-22(21)25)28-13-8-19(9-14-28)27-17-23(18-5-4-10-26-16-18)29-11-2-1-3-12-29/h4-7,10,15-16,19,23,27H,1-3,8-9,11-14,17H2. The van der Waals surface area contributed by atoms with Crippen molar-refractivity contribution in [3.05, 3.63) is 59.9 Å². The number of pyridine rings is 1. The molecule has 2 aliphatic rings. The molecule has 1 N–H and O–H groups in total. The van der Waals surface area contributed by atoms with E-state index in [9.17, 15) is 8.78 Å². The molecule has 1 aromatic carbocycles. The van der Waals surface area contributed by atoms with E-state index < -0.39 is 11.6 Å². The molecule has 2 saturated heterocycles. The van der Waals surface area contributed by atoms with Crippen molar-refractivity contribution in [2.75, 3.05) is 37.6 Å². The van der Waals surface area contributed by atoms with Crippen LogP contribution in [-0.4, -0.2) is 48.6 Å². The van der Waals surface area contributed by atoms with Crippen LogP contribution in [0.3, 0.4) is 0 Å². The van der Waals surface area contributed by atoms with Crippen molar-refractivity contribution in [2.24, 2.45) is 0 Å². The molecular weight excluding hydrogens is 370 g/mol. The second-order valence-electron chi connectivity index (χ2n) is 8.17. The molecular formula is C23H30F2N4. The first-order chi connectivity index (χ1) is 14.2. The van der Waals surface area contributed by atoms with Gasteiger partial charge in [-0.3, -0.25) is 9.88 Å². The molecule has 2 aliphatic heterocycles. The summed E-state index contributed by atoms with van der Waals surface area (Å²) >= 11 is 0. The smallest absolute Gasteiger partial charge is 0.160 e. The summed E-state index contributed by atoms with van der Waals surface area (Å²) in [6.07, 6.45) is 9.68. The van der Waals surface area contributed by atoms with E-state index in [1.807, 2.05) is 18.5 Å². The Labute approximate surface area is 171 Å². The molecule has 4 rings (SSSR count). The Kier molecular flexibility index (Phi) is 6.72. The van der Waals surface area contributed by atoms with E-state index in [1.54, 1.807) is 6.07 Å². The number of hydrogen-bond acceptors (Lipinski definition) is 4. The lowest BCUT2D eigenvalue weighted by Gasteiger charge is -2.38. The molecule has 0 radical (unpaired) electrons. The number of nitrogens with one attached hydrogen (secondary N) is 1. The topological polar surface area (TPSA) is 31.4 Å². The molecule has 1 unspecified atom stereocenters. The highest BCUT2D eigenvalue weighted by Gasteiger charge is 2.25. The summed E-state index contributed by atoms with van der Waals surface area (Å²) in [7, 11) is 0. The Morgan fingerprint density at radius 1 is 1.00 bits per heavy atom. The van der Waals surface area contributed by atoms with Gasteiger partial charge in [-0.1, -0.05) is 12.5 Å². The van der Waals surface area contributed by atoms with Gasteiger partial charge in [-0.25, -0.2) is 8.78 Å². The fraction of sp³-hybridized carbons (Fsp3) is 0.522. The highest BCUT2D eigenvalue weighted by atomic mass is 19.2. The van der Waals surface area contributed by atoms with Crippen LogP contribution >= 0.6 is 0 Å². The summed E-state index contributed by atoms with van der Waals surface area (Å²) in [5, 5.41) is 3.78. The Bertz CT molecular complexity index is 772. The SMILES string of the molecule is Fc1ccc(N2CCC(NCC(c3cccnc3)N3CCCCC3)CC2)cc1F. The van der Waals surface area contributed by atoms with E-state index in [-0.39, 0.29) is 0 Å². The number of piperidine rings is 2. The van der Waals surface area contributed by atoms with Crippen LogP contribution < -0.4 is 10.2 Å². The van der Waals surface area contributed by atoms with Crippen molar-refractivity contribution in [3.63, 3.8) is 0 Å². The number of nitrogens with zero attached hydrogens (tertiary/aromatic N) is 3. The van der Waals surface area contributed by atoms with Crippen molar-refractivity contribution in [1.82, 2.24) is 15.2 Å². The molecule has 0 saturated carbocycles. The first-order valence-electron chi connectivity index (χ1n) is 10.8. The summed E-state index contributed by atoms with van der Waals surface area (Å²) in [5.41, 5.74) is 2.05. The number of likely N-dealkylation sites (tertiary alicyclic amines) is 1. The Hall–Kier alpha value is -2.05. The van der Waals surface area contributed by atoms with Crippen molar-refractivity contribution in [1.29, 1.82) is 0 Å². The minimum absolute atomic E-state index is 0.355. The predicted octanol–water partition coefficient (Wildman–Crippen LogP) is 4.15. The van der Waals surface area contributed by atoms with Crippen LogP contribution in [0.1, 0.15) is 43.7 Å².